The molecule has 0 atom stereocenters. The molecular weight excluding hydrogens is 138 g/mol. The summed E-state index contributed by atoms with van der Waals surface area (Å²) in [5.74, 6) is 0. The molecule has 68 valence electrons. The molecule has 3 nitrogen and oxygen atoms in total. The molecule has 0 unspecified atom stereocenters. The van der Waals surface area contributed by atoms with Crippen molar-refractivity contribution < 1.29 is 0 Å². The normalized spacial score (nSPS) is 10.9. The summed E-state index contributed by atoms with van der Waals surface area (Å²) in [6.07, 6.45) is 1.21. The van der Waals surface area contributed by atoms with Gasteiger partial charge in [-0.2, -0.15) is 0 Å². The van der Waals surface area contributed by atoms with E-state index in [1.165, 1.54) is 13.0 Å². The molecule has 0 spiro atoms. The van der Waals surface area contributed by atoms with Gasteiger partial charge in [-0.1, -0.05) is 6.92 Å². The second kappa shape index (κ2) is 7.98. The Morgan fingerprint density at radius 2 is 2.00 bits per heavy atom. The lowest BCUT2D eigenvalue weighted by Gasteiger charge is -2.20. The standard InChI is InChI=1S/C8H21N3/c1-3-6-11(7-4-9)8-5-10-2/h10H,3-9H2,1-2H3. The molecule has 0 aromatic carbocycles. The van der Waals surface area contributed by atoms with Crippen LogP contribution in [0.25, 0.3) is 0 Å². The van der Waals surface area contributed by atoms with Gasteiger partial charge in [0.25, 0.3) is 0 Å². The molecule has 0 saturated heterocycles. The highest BCUT2D eigenvalue weighted by Crippen LogP contribution is 1.88. The molecule has 0 aliphatic heterocycles. The molecule has 3 N–H and O–H groups in total. The maximum atomic E-state index is 5.47. The average molecular weight is 159 g/mol. The van der Waals surface area contributed by atoms with E-state index in [2.05, 4.69) is 17.1 Å². The zero-order valence-electron chi connectivity index (χ0n) is 7.77. The highest BCUT2D eigenvalue weighted by Gasteiger charge is 1.99. The van der Waals surface area contributed by atoms with E-state index in [9.17, 15) is 0 Å². The van der Waals surface area contributed by atoms with Crippen molar-refractivity contribution in [2.75, 3.05) is 39.8 Å². The fourth-order valence-electron chi connectivity index (χ4n) is 1.10. The molecular formula is C8H21N3. The Morgan fingerprint density at radius 3 is 2.45 bits per heavy atom. The van der Waals surface area contributed by atoms with Gasteiger partial charge in [-0.3, -0.25) is 0 Å². The summed E-state index contributed by atoms with van der Waals surface area (Å²) >= 11 is 0. The highest BCUT2D eigenvalue weighted by atomic mass is 15.1. The van der Waals surface area contributed by atoms with Crippen LogP contribution in [0.5, 0.6) is 0 Å². The van der Waals surface area contributed by atoms with Crippen LogP contribution in [0.1, 0.15) is 13.3 Å². The number of nitrogens with zero attached hydrogens (tertiary/aromatic N) is 1. The minimum absolute atomic E-state index is 0.768. The molecule has 0 radical (unpaired) electrons. The monoisotopic (exact) mass is 159 g/mol. The molecule has 0 rings (SSSR count). The second-order valence-corrected chi connectivity index (χ2v) is 2.73. The lowest BCUT2D eigenvalue weighted by molar-refractivity contribution is 0.283. The van der Waals surface area contributed by atoms with Gasteiger partial charge in [0.2, 0.25) is 0 Å². The quantitative estimate of drug-likeness (QED) is 0.544. The fraction of sp³-hybridized carbons (Fsp3) is 1.00. The van der Waals surface area contributed by atoms with Gasteiger partial charge in [0, 0.05) is 26.2 Å². The summed E-state index contributed by atoms with van der Waals surface area (Å²) in [4.78, 5) is 2.39. The van der Waals surface area contributed by atoms with Crippen LogP contribution >= 0.6 is 0 Å². The van der Waals surface area contributed by atoms with Crippen molar-refractivity contribution in [3.63, 3.8) is 0 Å². The van der Waals surface area contributed by atoms with E-state index >= 15 is 0 Å². The van der Waals surface area contributed by atoms with Gasteiger partial charge in [0.1, 0.15) is 0 Å². The average Bonchev–Trinajstić information content (AvgIpc) is 2.01. The Balaban J connectivity index is 3.34. The zero-order chi connectivity index (χ0) is 8.53. The van der Waals surface area contributed by atoms with Gasteiger partial charge >= 0.3 is 0 Å². The largest absolute Gasteiger partial charge is 0.329 e. The molecule has 0 fully saturated rings. The van der Waals surface area contributed by atoms with Gasteiger partial charge in [0.05, 0.1) is 0 Å². The first-order valence-electron chi connectivity index (χ1n) is 4.42. The predicted molar refractivity (Wildman–Crippen MR) is 49.7 cm³/mol. The first-order valence-corrected chi connectivity index (χ1v) is 4.42. The Labute approximate surface area is 69.9 Å². The van der Waals surface area contributed by atoms with Crippen molar-refractivity contribution in [3.05, 3.63) is 0 Å². The maximum absolute atomic E-state index is 5.47. The van der Waals surface area contributed by atoms with E-state index in [0.29, 0.717) is 0 Å². The Hall–Kier alpha value is -0.120. The summed E-state index contributed by atoms with van der Waals surface area (Å²) in [6.45, 7) is 7.32. The van der Waals surface area contributed by atoms with Crippen LogP contribution in [0.2, 0.25) is 0 Å². The van der Waals surface area contributed by atoms with Crippen molar-refractivity contribution in [1.82, 2.24) is 10.2 Å². The molecule has 0 aliphatic rings. The molecule has 0 saturated carbocycles. The van der Waals surface area contributed by atoms with E-state index in [1.54, 1.807) is 0 Å². The van der Waals surface area contributed by atoms with E-state index in [1.807, 2.05) is 7.05 Å². The van der Waals surface area contributed by atoms with Crippen LogP contribution in [0.15, 0.2) is 0 Å². The van der Waals surface area contributed by atoms with E-state index in [0.717, 1.165) is 26.2 Å². The maximum Gasteiger partial charge on any atom is 0.0107 e. The Kier molecular flexibility index (Phi) is 7.89. The fourth-order valence-corrected chi connectivity index (χ4v) is 1.10. The number of nitrogens with one attached hydrogen (secondary N) is 1. The van der Waals surface area contributed by atoms with Gasteiger partial charge in [-0.25, -0.2) is 0 Å². The van der Waals surface area contributed by atoms with Crippen LogP contribution in [-0.2, 0) is 0 Å². The summed E-state index contributed by atoms with van der Waals surface area (Å²) in [7, 11) is 1.98. The summed E-state index contributed by atoms with van der Waals surface area (Å²) in [6, 6.07) is 0. The highest BCUT2D eigenvalue weighted by molar-refractivity contribution is 4.58. The Morgan fingerprint density at radius 1 is 1.27 bits per heavy atom. The first-order chi connectivity index (χ1) is 5.35. The van der Waals surface area contributed by atoms with Crippen LogP contribution in [-0.4, -0.2) is 44.7 Å². The van der Waals surface area contributed by atoms with Gasteiger partial charge in [-0.15, -0.1) is 0 Å². The number of hydrogen-bond donors (Lipinski definition) is 2. The van der Waals surface area contributed by atoms with Crippen molar-refractivity contribution in [2.24, 2.45) is 5.73 Å². The van der Waals surface area contributed by atoms with Crippen LogP contribution in [0.4, 0.5) is 0 Å². The van der Waals surface area contributed by atoms with Gasteiger partial charge < -0.3 is 16.0 Å². The van der Waals surface area contributed by atoms with Crippen molar-refractivity contribution in [2.45, 2.75) is 13.3 Å². The van der Waals surface area contributed by atoms with Gasteiger partial charge in [0.15, 0.2) is 0 Å². The molecule has 0 aromatic rings. The number of hydrogen-bond acceptors (Lipinski definition) is 3. The van der Waals surface area contributed by atoms with E-state index in [-0.39, 0.29) is 0 Å². The van der Waals surface area contributed by atoms with Crippen molar-refractivity contribution in [3.8, 4) is 0 Å². The summed E-state index contributed by atoms with van der Waals surface area (Å²) in [5, 5.41) is 3.13. The predicted octanol–water partition coefficient (Wildman–Crippen LogP) is -0.123. The topological polar surface area (TPSA) is 41.3 Å². The second-order valence-electron chi connectivity index (χ2n) is 2.73. The van der Waals surface area contributed by atoms with E-state index < -0.39 is 0 Å². The van der Waals surface area contributed by atoms with Crippen LogP contribution in [0, 0.1) is 0 Å². The van der Waals surface area contributed by atoms with Gasteiger partial charge in [-0.05, 0) is 20.0 Å². The minimum Gasteiger partial charge on any atom is -0.329 e. The lowest BCUT2D eigenvalue weighted by atomic mass is 10.4. The smallest absolute Gasteiger partial charge is 0.0107 e. The molecule has 11 heavy (non-hydrogen) atoms. The molecule has 0 aromatic heterocycles. The number of likely N-dealkylation sites (N-methyl/N-ethyl adjacent to an activating group) is 1. The molecule has 3 heteroatoms. The van der Waals surface area contributed by atoms with Crippen molar-refractivity contribution in [1.29, 1.82) is 0 Å². The molecule has 0 aliphatic carbocycles. The summed E-state index contributed by atoms with van der Waals surface area (Å²) in [5.41, 5.74) is 5.47. The SMILES string of the molecule is CCCN(CCN)CCNC. The third kappa shape index (κ3) is 6.28. The van der Waals surface area contributed by atoms with Crippen molar-refractivity contribution >= 4 is 0 Å². The third-order valence-electron chi connectivity index (χ3n) is 1.66. The first kappa shape index (κ1) is 10.9. The summed E-state index contributed by atoms with van der Waals surface area (Å²) < 4.78 is 0. The molecule has 0 bridgehead atoms. The molecule has 0 heterocycles. The number of nitrogens with two attached hydrogens (primary N) is 1. The van der Waals surface area contributed by atoms with E-state index in [4.69, 9.17) is 5.73 Å². The lowest BCUT2D eigenvalue weighted by Crippen LogP contribution is -2.35. The number of rotatable bonds is 7. The Bertz CT molecular complexity index is 69.7. The van der Waals surface area contributed by atoms with Crippen LogP contribution in [0.3, 0.4) is 0 Å². The molecule has 0 amide bonds. The van der Waals surface area contributed by atoms with Crippen LogP contribution < -0.4 is 11.1 Å². The third-order valence-corrected chi connectivity index (χ3v) is 1.66. The zero-order valence-corrected chi connectivity index (χ0v) is 7.77. The minimum atomic E-state index is 0.768.